The molecule has 0 aliphatic rings. The number of halogens is 1. The highest BCUT2D eigenvalue weighted by Crippen LogP contribution is 2.15. The van der Waals surface area contributed by atoms with E-state index in [1.54, 1.807) is 31.2 Å². The Morgan fingerprint density at radius 3 is 2.83 bits per heavy atom. The minimum absolute atomic E-state index is 0.106. The summed E-state index contributed by atoms with van der Waals surface area (Å²) in [6.07, 6.45) is 0. The molecule has 3 rings (SSSR count). The standard InChI is InChI=1S/C15H12ClN3O4S/c1-9-18-19-13(20)6-11(17-15(19)24-9)7-23-14(21)8-22-12-4-2-10(16)3-5-12/h2-6H,7-8H2,1H3. The van der Waals surface area contributed by atoms with Crippen LogP contribution in [0.1, 0.15) is 10.7 Å². The van der Waals surface area contributed by atoms with E-state index in [1.165, 1.54) is 21.9 Å². The number of esters is 1. The van der Waals surface area contributed by atoms with Crippen molar-refractivity contribution in [3.63, 3.8) is 0 Å². The summed E-state index contributed by atoms with van der Waals surface area (Å²) in [6.45, 7) is 1.43. The Balaban J connectivity index is 1.58. The minimum Gasteiger partial charge on any atom is -0.482 e. The number of rotatable bonds is 5. The van der Waals surface area contributed by atoms with Crippen LogP contribution in [-0.2, 0) is 16.1 Å². The number of carbonyl (C=O) groups is 1. The third-order valence-corrected chi connectivity index (χ3v) is 4.03. The number of hydrogen-bond donors (Lipinski definition) is 0. The van der Waals surface area contributed by atoms with Gasteiger partial charge in [-0.1, -0.05) is 22.9 Å². The van der Waals surface area contributed by atoms with Gasteiger partial charge >= 0.3 is 5.97 Å². The van der Waals surface area contributed by atoms with Crippen molar-refractivity contribution in [2.45, 2.75) is 13.5 Å². The van der Waals surface area contributed by atoms with E-state index in [0.717, 1.165) is 5.01 Å². The Labute approximate surface area is 145 Å². The predicted octanol–water partition coefficient (Wildman–Crippen LogP) is 2.24. The van der Waals surface area contributed by atoms with Gasteiger partial charge in [0.15, 0.2) is 6.61 Å². The van der Waals surface area contributed by atoms with Gasteiger partial charge < -0.3 is 9.47 Å². The lowest BCUT2D eigenvalue weighted by Gasteiger charge is -2.06. The molecular formula is C15H12ClN3O4S. The molecule has 0 saturated heterocycles. The quantitative estimate of drug-likeness (QED) is 0.645. The number of carbonyl (C=O) groups excluding carboxylic acids is 1. The molecular weight excluding hydrogens is 354 g/mol. The van der Waals surface area contributed by atoms with Gasteiger partial charge in [-0.2, -0.15) is 9.61 Å². The van der Waals surface area contributed by atoms with Crippen LogP contribution in [0, 0.1) is 6.92 Å². The summed E-state index contributed by atoms with van der Waals surface area (Å²) in [6, 6.07) is 7.91. The molecule has 2 aromatic heterocycles. The molecule has 2 heterocycles. The fraction of sp³-hybridized carbons (Fsp3) is 0.200. The van der Waals surface area contributed by atoms with Crippen molar-refractivity contribution in [2.75, 3.05) is 6.61 Å². The first-order chi connectivity index (χ1) is 11.5. The van der Waals surface area contributed by atoms with Gasteiger partial charge in [0, 0.05) is 11.1 Å². The Bertz CT molecular complexity index is 936. The number of fused-ring (bicyclic) bond motifs is 1. The molecule has 0 aliphatic heterocycles. The van der Waals surface area contributed by atoms with E-state index >= 15 is 0 Å². The molecule has 0 unspecified atom stereocenters. The maximum absolute atomic E-state index is 11.9. The van der Waals surface area contributed by atoms with Gasteiger partial charge in [-0.15, -0.1) is 0 Å². The zero-order chi connectivity index (χ0) is 17.1. The lowest BCUT2D eigenvalue weighted by molar-refractivity contribution is -0.147. The largest absolute Gasteiger partial charge is 0.482 e. The summed E-state index contributed by atoms with van der Waals surface area (Å²) in [5.41, 5.74) is 0.0521. The highest BCUT2D eigenvalue weighted by Gasteiger charge is 2.10. The van der Waals surface area contributed by atoms with Gasteiger partial charge in [-0.05, 0) is 31.2 Å². The highest BCUT2D eigenvalue weighted by molar-refractivity contribution is 7.16. The maximum Gasteiger partial charge on any atom is 0.344 e. The van der Waals surface area contributed by atoms with Crippen molar-refractivity contribution in [1.82, 2.24) is 14.6 Å². The van der Waals surface area contributed by atoms with Crippen LogP contribution in [0.4, 0.5) is 0 Å². The van der Waals surface area contributed by atoms with Crippen molar-refractivity contribution in [2.24, 2.45) is 0 Å². The molecule has 0 amide bonds. The smallest absolute Gasteiger partial charge is 0.344 e. The molecule has 0 saturated carbocycles. The molecule has 0 N–H and O–H groups in total. The van der Waals surface area contributed by atoms with Gasteiger partial charge in [-0.3, -0.25) is 4.79 Å². The van der Waals surface area contributed by atoms with E-state index in [1.807, 2.05) is 0 Å². The van der Waals surface area contributed by atoms with Gasteiger partial charge in [-0.25, -0.2) is 9.78 Å². The molecule has 0 spiro atoms. The van der Waals surface area contributed by atoms with Crippen LogP contribution >= 0.6 is 22.9 Å². The third-order valence-electron chi connectivity index (χ3n) is 2.95. The van der Waals surface area contributed by atoms with Crippen molar-refractivity contribution < 1.29 is 14.3 Å². The number of aromatic nitrogens is 3. The summed E-state index contributed by atoms with van der Waals surface area (Å²) >= 11 is 7.05. The summed E-state index contributed by atoms with van der Waals surface area (Å²) < 4.78 is 11.6. The van der Waals surface area contributed by atoms with Crippen molar-refractivity contribution in [3.8, 4) is 5.75 Å². The first-order valence-corrected chi connectivity index (χ1v) is 8.11. The molecule has 124 valence electrons. The average molecular weight is 366 g/mol. The van der Waals surface area contributed by atoms with Crippen molar-refractivity contribution in [1.29, 1.82) is 0 Å². The fourth-order valence-corrected chi connectivity index (χ4v) is 2.79. The predicted molar refractivity (Wildman–Crippen MR) is 88.6 cm³/mol. The van der Waals surface area contributed by atoms with Gasteiger partial charge in [0.05, 0.1) is 5.69 Å². The van der Waals surface area contributed by atoms with E-state index in [-0.39, 0.29) is 18.8 Å². The van der Waals surface area contributed by atoms with Crippen LogP contribution in [0.25, 0.3) is 4.96 Å². The van der Waals surface area contributed by atoms with Crippen molar-refractivity contribution in [3.05, 3.63) is 56.4 Å². The number of nitrogens with zero attached hydrogens (tertiary/aromatic N) is 3. The fourth-order valence-electron chi connectivity index (χ4n) is 1.90. The molecule has 0 aliphatic carbocycles. The lowest BCUT2D eigenvalue weighted by Crippen LogP contribution is -2.18. The molecule has 0 atom stereocenters. The second-order valence-electron chi connectivity index (χ2n) is 4.80. The van der Waals surface area contributed by atoms with Gasteiger partial charge in [0.2, 0.25) is 4.96 Å². The van der Waals surface area contributed by atoms with Crippen LogP contribution in [0.15, 0.2) is 35.1 Å². The molecule has 9 heteroatoms. The summed E-state index contributed by atoms with van der Waals surface area (Å²) in [4.78, 5) is 28.3. The van der Waals surface area contributed by atoms with Crippen LogP contribution in [0.3, 0.4) is 0 Å². The number of aryl methyl sites for hydroxylation is 1. The normalized spacial score (nSPS) is 10.8. The lowest BCUT2D eigenvalue weighted by atomic mass is 10.3. The maximum atomic E-state index is 11.9. The Hall–Kier alpha value is -2.45. The third kappa shape index (κ3) is 3.90. The minimum atomic E-state index is -0.563. The number of benzene rings is 1. The Morgan fingerprint density at radius 2 is 2.08 bits per heavy atom. The van der Waals surface area contributed by atoms with E-state index in [9.17, 15) is 9.59 Å². The second-order valence-corrected chi connectivity index (χ2v) is 6.40. The second kappa shape index (κ2) is 6.98. The first kappa shape index (κ1) is 16.4. The summed E-state index contributed by atoms with van der Waals surface area (Å²) in [5, 5.41) is 5.35. The molecule has 0 bridgehead atoms. The molecule has 7 nitrogen and oxygen atoms in total. The average Bonchev–Trinajstić information content (AvgIpc) is 2.93. The summed E-state index contributed by atoms with van der Waals surface area (Å²) in [5.74, 6) is -0.0540. The first-order valence-electron chi connectivity index (χ1n) is 6.91. The topological polar surface area (TPSA) is 82.8 Å². The molecule has 24 heavy (non-hydrogen) atoms. The zero-order valence-electron chi connectivity index (χ0n) is 12.6. The molecule has 0 radical (unpaired) electrons. The SMILES string of the molecule is Cc1nn2c(=O)cc(COC(=O)COc3ccc(Cl)cc3)nc2s1. The van der Waals surface area contributed by atoms with E-state index in [0.29, 0.717) is 21.4 Å². The van der Waals surface area contributed by atoms with Crippen LogP contribution in [0.2, 0.25) is 5.02 Å². The Kier molecular flexibility index (Phi) is 4.77. The number of hydrogen-bond acceptors (Lipinski definition) is 7. The van der Waals surface area contributed by atoms with Crippen LogP contribution in [0.5, 0.6) is 5.75 Å². The monoisotopic (exact) mass is 365 g/mol. The molecule has 3 aromatic rings. The molecule has 1 aromatic carbocycles. The van der Waals surface area contributed by atoms with E-state index in [2.05, 4.69) is 10.1 Å². The number of ether oxygens (including phenoxy) is 2. The van der Waals surface area contributed by atoms with E-state index in [4.69, 9.17) is 21.1 Å². The van der Waals surface area contributed by atoms with Gasteiger partial charge in [0.25, 0.3) is 5.56 Å². The van der Waals surface area contributed by atoms with Gasteiger partial charge in [0.1, 0.15) is 17.4 Å². The van der Waals surface area contributed by atoms with E-state index < -0.39 is 5.97 Å². The van der Waals surface area contributed by atoms with Crippen LogP contribution in [-0.4, -0.2) is 27.2 Å². The molecule has 0 fully saturated rings. The highest BCUT2D eigenvalue weighted by atomic mass is 35.5. The Morgan fingerprint density at radius 1 is 1.33 bits per heavy atom. The van der Waals surface area contributed by atoms with Crippen LogP contribution < -0.4 is 10.3 Å². The summed E-state index contributed by atoms with van der Waals surface area (Å²) in [7, 11) is 0. The van der Waals surface area contributed by atoms with Crippen molar-refractivity contribution >= 4 is 33.9 Å². The zero-order valence-corrected chi connectivity index (χ0v) is 14.1.